The maximum atomic E-state index is 12.5. The molecule has 1 fully saturated rings. The summed E-state index contributed by atoms with van der Waals surface area (Å²) in [6.07, 6.45) is 0.658. The van der Waals surface area contributed by atoms with Crippen LogP contribution in [0.1, 0.15) is 23.8 Å². The lowest BCUT2D eigenvalue weighted by Crippen LogP contribution is -2.49. The number of nitrogens with two attached hydrogens (primary N) is 1. The summed E-state index contributed by atoms with van der Waals surface area (Å²) in [7, 11) is 0. The normalized spacial score (nSPS) is 22.8. The Morgan fingerprint density at radius 2 is 2.11 bits per heavy atom. The minimum Gasteiger partial charge on any atom is -0.394 e. The van der Waals surface area contributed by atoms with E-state index < -0.39 is 35.7 Å². The van der Waals surface area contributed by atoms with E-state index in [1.54, 1.807) is 6.92 Å². The first kappa shape index (κ1) is 20.0. The van der Waals surface area contributed by atoms with Crippen LogP contribution in [0.3, 0.4) is 0 Å². The highest BCUT2D eigenvalue weighted by Gasteiger charge is 2.37. The van der Waals surface area contributed by atoms with Gasteiger partial charge in [0.1, 0.15) is 12.3 Å². The number of aromatic nitrogens is 2. The largest absolute Gasteiger partial charge is 0.394 e. The molecule has 1 aromatic heterocycles. The number of ether oxygens (including phenoxy) is 1. The Bertz CT molecular complexity index is 939. The van der Waals surface area contributed by atoms with Crippen LogP contribution in [0, 0.1) is 6.92 Å². The molecule has 150 valence electrons. The summed E-state index contributed by atoms with van der Waals surface area (Å²) in [5, 5.41) is 12.4. The average Bonchev–Trinajstić information content (AvgIpc) is 3.08. The van der Waals surface area contributed by atoms with Gasteiger partial charge in [-0.3, -0.25) is 19.1 Å². The van der Waals surface area contributed by atoms with Gasteiger partial charge >= 0.3 is 5.69 Å². The van der Waals surface area contributed by atoms with Crippen molar-refractivity contribution in [3.8, 4) is 0 Å². The maximum absolute atomic E-state index is 12.5. The Morgan fingerprint density at radius 3 is 2.79 bits per heavy atom. The minimum absolute atomic E-state index is 0.264. The summed E-state index contributed by atoms with van der Waals surface area (Å²) in [4.78, 5) is 38.3. The van der Waals surface area contributed by atoms with Crippen molar-refractivity contribution in [1.29, 1.82) is 0 Å². The van der Waals surface area contributed by atoms with E-state index in [9.17, 15) is 19.5 Å². The smallest absolute Gasteiger partial charge is 0.330 e. The molecule has 1 saturated heterocycles. The Morgan fingerprint density at radius 1 is 1.39 bits per heavy atom. The number of aryl methyl sites for hydroxylation is 1. The van der Waals surface area contributed by atoms with E-state index in [1.807, 2.05) is 30.3 Å². The van der Waals surface area contributed by atoms with Crippen LogP contribution in [0.4, 0.5) is 0 Å². The first-order valence-electron chi connectivity index (χ1n) is 9.07. The summed E-state index contributed by atoms with van der Waals surface area (Å²) >= 11 is 0. The second-order valence-corrected chi connectivity index (χ2v) is 6.94. The third-order valence-electron chi connectivity index (χ3n) is 4.84. The van der Waals surface area contributed by atoms with Crippen molar-refractivity contribution in [3.05, 3.63) is 68.5 Å². The lowest BCUT2D eigenvalue weighted by molar-refractivity contribution is -0.123. The first-order chi connectivity index (χ1) is 13.4. The minimum atomic E-state index is -0.751. The Kier molecular flexibility index (Phi) is 6.08. The fourth-order valence-corrected chi connectivity index (χ4v) is 3.27. The van der Waals surface area contributed by atoms with Crippen LogP contribution in [-0.4, -0.2) is 45.4 Å². The molecule has 0 spiro atoms. The van der Waals surface area contributed by atoms with Gasteiger partial charge in [0.05, 0.1) is 18.7 Å². The van der Waals surface area contributed by atoms with Gasteiger partial charge in [-0.15, -0.1) is 0 Å². The number of benzene rings is 1. The number of aromatic amines is 1. The monoisotopic (exact) mass is 388 g/mol. The molecular weight excluding hydrogens is 364 g/mol. The zero-order valence-corrected chi connectivity index (χ0v) is 15.5. The van der Waals surface area contributed by atoms with Crippen LogP contribution < -0.4 is 22.3 Å². The van der Waals surface area contributed by atoms with Crippen molar-refractivity contribution in [2.45, 2.75) is 44.2 Å². The summed E-state index contributed by atoms with van der Waals surface area (Å²) in [6.45, 7) is 1.25. The number of carbonyl (C=O) groups is 1. The van der Waals surface area contributed by atoms with Crippen molar-refractivity contribution < 1.29 is 14.6 Å². The predicted molar refractivity (Wildman–Crippen MR) is 102 cm³/mol. The molecule has 0 saturated carbocycles. The van der Waals surface area contributed by atoms with E-state index in [0.29, 0.717) is 12.0 Å². The fourth-order valence-electron chi connectivity index (χ4n) is 3.27. The fraction of sp³-hybridized carbons (Fsp3) is 0.421. The lowest BCUT2D eigenvalue weighted by atomic mass is 10.0. The van der Waals surface area contributed by atoms with E-state index in [2.05, 4.69) is 10.3 Å². The molecule has 1 amide bonds. The van der Waals surface area contributed by atoms with E-state index in [4.69, 9.17) is 10.5 Å². The molecule has 0 aliphatic carbocycles. The van der Waals surface area contributed by atoms with Crippen LogP contribution in [-0.2, 0) is 16.0 Å². The van der Waals surface area contributed by atoms with E-state index in [-0.39, 0.29) is 18.9 Å². The zero-order chi connectivity index (χ0) is 20.3. The number of nitrogens with zero attached hydrogens (tertiary/aromatic N) is 1. The third-order valence-corrected chi connectivity index (χ3v) is 4.84. The highest BCUT2D eigenvalue weighted by atomic mass is 16.5. The van der Waals surface area contributed by atoms with Gasteiger partial charge in [-0.2, -0.15) is 0 Å². The summed E-state index contributed by atoms with van der Waals surface area (Å²) in [5.41, 5.74) is 6.25. The van der Waals surface area contributed by atoms with Crippen LogP contribution in [0.15, 0.2) is 46.1 Å². The van der Waals surface area contributed by atoms with Gasteiger partial charge in [-0.1, -0.05) is 30.3 Å². The molecule has 0 radical (unpaired) electrons. The molecule has 0 bridgehead atoms. The number of nitrogens with one attached hydrogen (secondary N) is 2. The molecule has 3 rings (SSSR count). The van der Waals surface area contributed by atoms with Crippen molar-refractivity contribution in [1.82, 2.24) is 14.9 Å². The molecule has 2 heterocycles. The first-order valence-corrected chi connectivity index (χ1v) is 9.07. The van der Waals surface area contributed by atoms with Gasteiger partial charge in [-0.05, 0) is 18.9 Å². The topological polar surface area (TPSA) is 139 Å². The van der Waals surface area contributed by atoms with Crippen molar-refractivity contribution in [2.75, 3.05) is 6.61 Å². The molecule has 0 unspecified atom stereocenters. The summed E-state index contributed by atoms with van der Waals surface area (Å²) < 4.78 is 6.98. The number of hydrogen-bond donors (Lipinski definition) is 4. The molecule has 1 aliphatic rings. The SMILES string of the molecule is Cc1cn([C@@H]2C[C@H](NC(=O)[C@@H](N)Cc3ccccc3)[C@@H](CO)O2)c(=O)[nH]c1=O. The molecule has 4 atom stereocenters. The standard InChI is InChI=1S/C19H24N4O5/c1-11-9-23(19(27)22-17(11)25)16-8-14(15(10-24)28-16)21-18(26)13(20)7-12-5-3-2-4-6-12/h2-6,9,13-16,24H,7-8,10,20H2,1H3,(H,21,26)(H,22,25,27)/t13-,14-,15+,16-/m0/s1. The zero-order valence-electron chi connectivity index (χ0n) is 15.5. The maximum Gasteiger partial charge on any atom is 0.330 e. The quantitative estimate of drug-likeness (QED) is 0.510. The van der Waals surface area contributed by atoms with Gasteiger partial charge in [0.15, 0.2) is 0 Å². The second kappa shape index (κ2) is 8.51. The van der Waals surface area contributed by atoms with Gasteiger partial charge in [0.25, 0.3) is 5.56 Å². The number of amides is 1. The van der Waals surface area contributed by atoms with Gasteiger partial charge < -0.3 is 20.9 Å². The molecule has 9 nitrogen and oxygen atoms in total. The molecular formula is C19H24N4O5. The number of hydrogen-bond acceptors (Lipinski definition) is 6. The molecule has 1 aliphatic heterocycles. The van der Waals surface area contributed by atoms with Crippen LogP contribution in [0.2, 0.25) is 0 Å². The highest BCUT2D eigenvalue weighted by molar-refractivity contribution is 5.82. The van der Waals surface area contributed by atoms with E-state index in [0.717, 1.165) is 5.56 Å². The van der Waals surface area contributed by atoms with Crippen LogP contribution in [0.25, 0.3) is 0 Å². The molecule has 5 N–H and O–H groups in total. The number of H-pyrrole nitrogens is 1. The van der Waals surface area contributed by atoms with Crippen LogP contribution in [0.5, 0.6) is 0 Å². The van der Waals surface area contributed by atoms with E-state index in [1.165, 1.54) is 10.8 Å². The average molecular weight is 388 g/mol. The lowest BCUT2D eigenvalue weighted by Gasteiger charge is -2.20. The van der Waals surface area contributed by atoms with Gasteiger partial charge in [0.2, 0.25) is 5.91 Å². The number of aliphatic hydroxyl groups excluding tert-OH is 1. The number of carbonyl (C=O) groups excluding carboxylic acids is 1. The predicted octanol–water partition coefficient (Wildman–Crippen LogP) is -0.820. The van der Waals surface area contributed by atoms with Crippen LogP contribution >= 0.6 is 0 Å². The van der Waals surface area contributed by atoms with Gasteiger partial charge in [-0.25, -0.2) is 4.79 Å². The highest BCUT2D eigenvalue weighted by Crippen LogP contribution is 2.27. The van der Waals surface area contributed by atoms with Crippen molar-refractivity contribution in [2.24, 2.45) is 5.73 Å². The Labute approximate surface area is 161 Å². The van der Waals surface area contributed by atoms with E-state index >= 15 is 0 Å². The second-order valence-electron chi connectivity index (χ2n) is 6.94. The van der Waals surface area contributed by atoms with Crippen molar-refractivity contribution >= 4 is 5.91 Å². The van der Waals surface area contributed by atoms with Gasteiger partial charge in [0, 0.05) is 18.2 Å². The molecule has 28 heavy (non-hydrogen) atoms. The van der Waals surface area contributed by atoms with Crippen molar-refractivity contribution in [3.63, 3.8) is 0 Å². The third kappa shape index (κ3) is 4.38. The summed E-state index contributed by atoms with van der Waals surface area (Å²) in [5.74, 6) is -0.360. The summed E-state index contributed by atoms with van der Waals surface area (Å²) in [6, 6.07) is 8.16. The Hall–Kier alpha value is -2.75. The number of rotatable bonds is 6. The molecule has 2 aromatic rings. The molecule has 1 aromatic carbocycles. The number of aliphatic hydroxyl groups is 1. The molecule has 9 heteroatoms. The Balaban J connectivity index is 1.68.